The molecule has 2 aromatic rings. The Bertz CT molecular complexity index is 751. The van der Waals surface area contributed by atoms with Crippen LogP contribution in [0.5, 0.6) is 0 Å². The van der Waals surface area contributed by atoms with E-state index in [4.69, 9.17) is 5.11 Å². The van der Waals surface area contributed by atoms with Gasteiger partial charge in [0.2, 0.25) is 10.0 Å². The lowest BCUT2D eigenvalue weighted by atomic mass is 10.1. The molecule has 0 fully saturated rings. The molecule has 0 amide bonds. The van der Waals surface area contributed by atoms with Crippen LogP contribution in [-0.4, -0.2) is 19.5 Å². The number of benzene rings is 2. The molecule has 5 nitrogen and oxygen atoms in total. The standard InChI is InChI=1S/C15H15NO4S/c1-11-3-2-4-14(9-11)16-21(19,20)10-12-5-7-13(8-6-12)15(17)18/h2-9,16H,10H2,1H3,(H,17,18). The number of carboxylic acids is 1. The van der Waals surface area contributed by atoms with Crippen LogP contribution >= 0.6 is 0 Å². The number of hydrogen-bond acceptors (Lipinski definition) is 3. The zero-order valence-corrected chi connectivity index (χ0v) is 12.2. The van der Waals surface area contributed by atoms with Gasteiger partial charge in [0.1, 0.15) is 0 Å². The summed E-state index contributed by atoms with van der Waals surface area (Å²) in [5, 5.41) is 8.80. The molecule has 0 spiro atoms. The summed E-state index contributed by atoms with van der Waals surface area (Å²) in [6.45, 7) is 1.88. The van der Waals surface area contributed by atoms with Crippen LogP contribution in [0.4, 0.5) is 5.69 Å². The van der Waals surface area contributed by atoms with Crippen LogP contribution in [-0.2, 0) is 15.8 Å². The molecule has 0 aromatic heterocycles. The van der Waals surface area contributed by atoms with Crippen LogP contribution in [0, 0.1) is 6.92 Å². The summed E-state index contributed by atoms with van der Waals surface area (Å²) in [6.07, 6.45) is 0. The fourth-order valence-electron chi connectivity index (χ4n) is 1.89. The minimum Gasteiger partial charge on any atom is -0.478 e. The summed E-state index contributed by atoms with van der Waals surface area (Å²) in [5.74, 6) is -1.25. The van der Waals surface area contributed by atoms with Crippen molar-refractivity contribution in [1.82, 2.24) is 0 Å². The number of rotatable bonds is 5. The molecule has 2 N–H and O–H groups in total. The molecular weight excluding hydrogens is 290 g/mol. The summed E-state index contributed by atoms with van der Waals surface area (Å²) in [4.78, 5) is 10.7. The molecule has 0 radical (unpaired) electrons. The summed E-state index contributed by atoms with van der Waals surface area (Å²) < 4.78 is 26.6. The van der Waals surface area contributed by atoms with Gasteiger partial charge >= 0.3 is 5.97 Å². The first kappa shape index (κ1) is 15.1. The van der Waals surface area contributed by atoms with Crippen LogP contribution < -0.4 is 4.72 Å². The number of carbonyl (C=O) groups is 1. The Hall–Kier alpha value is -2.34. The number of anilines is 1. The maximum Gasteiger partial charge on any atom is 0.335 e. The van der Waals surface area contributed by atoms with Gasteiger partial charge in [-0.25, -0.2) is 13.2 Å². The number of hydrogen-bond donors (Lipinski definition) is 2. The van der Waals surface area contributed by atoms with Gasteiger partial charge in [0.15, 0.2) is 0 Å². The molecule has 2 aromatic carbocycles. The van der Waals surface area contributed by atoms with Crippen molar-refractivity contribution in [1.29, 1.82) is 0 Å². The Labute approximate surface area is 123 Å². The van der Waals surface area contributed by atoms with E-state index < -0.39 is 16.0 Å². The molecule has 0 bridgehead atoms. The molecule has 6 heteroatoms. The van der Waals surface area contributed by atoms with Gasteiger partial charge in [0, 0.05) is 5.69 Å². The zero-order chi connectivity index (χ0) is 15.5. The molecule has 0 saturated heterocycles. The lowest BCUT2D eigenvalue weighted by Crippen LogP contribution is -2.15. The van der Waals surface area contributed by atoms with Gasteiger partial charge in [-0.15, -0.1) is 0 Å². The van der Waals surface area contributed by atoms with Gasteiger partial charge in [-0.05, 0) is 42.3 Å². The van der Waals surface area contributed by atoms with Gasteiger partial charge in [-0.2, -0.15) is 0 Å². The van der Waals surface area contributed by atoms with Crippen molar-refractivity contribution in [3.8, 4) is 0 Å². The Balaban J connectivity index is 2.12. The number of aryl methyl sites for hydroxylation is 1. The third kappa shape index (κ3) is 4.32. The third-order valence-corrected chi connectivity index (χ3v) is 4.11. The van der Waals surface area contributed by atoms with Crippen LogP contribution in [0.25, 0.3) is 0 Å². The predicted molar refractivity (Wildman–Crippen MR) is 80.8 cm³/mol. The first-order valence-corrected chi connectivity index (χ1v) is 7.90. The number of sulfonamides is 1. The molecule has 110 valence electrons. The van der Waals surface area contributed by atoms with Gasteiger partial charge < -0.3 is 5.11 Å². The minimum atomic E-state index is -3.53. The van der Waals surface area contributed by atoms with E-state index >= 15 is 0 Å². The van der Waals surface area contributed by atoms with Crippen molar-refractivity contribution >= 4 is 21.7 Å². The Morgan fingerprint density at radius 1 is 1.14 bits per heavy atom. The molecule has 0 heterocycles. The van der Waals surface area contributed by atoms with Crippen molar-refractivity contribution in [3.05, 3.63) is 65.2 Å². The molecular formula is C15H15NO4S. The van der Waals surface area contributed by atoms with Gasteiger partial charge in [0.25, 0.3) is 0 Å². The highest BCUT2D eigenvalue weighted by molar-refractivity contribution is 7.91. The highest BCUT2D eigenvalue weighted by Crippen LogP contribution is 2.14. The zero-order valence-electron chi connectivity index (χ0n) is 11.4. The molecule has 21 heavy (non-hydrogen) atoms. The highest BCUT2D eigenvalue weighted by Gasteiger charge is 2.12. The fourth-order valence-corrected chi connectivity index (χ4v) is 3.08. The van der Waals surface area contributed by atoms with E-state index in [9.17, 15) is 13.2 Å². The molecule has 0 unspecified atom stereocenters. The van der Waals surface area contributed by atoms with Crippen molar-refractivity contribution < 1.29 is 18.3 Å². The number of nitrogens with one attached hydrogen (secondary N) is 1. The van der Waals surface area contributed by atoms with Crippen molar-refractivity contribution in [2.24, 2.45) is 0 Å². The van der Waals surface area contributed by atoms with Crippen LogP contribution in [0.15, 0.2) is 48.5 Å². The molecule has 2 rings (SSSR count). The van der Waals surface area contributed by atoms with Crippen LogP contribution in [0.2, 0.25) is 0 Å². The number of carboxylic acid groups (broad SMARTS) is 1. The third-order valence-electron chi connectivity index (χ3n) is 2.85. The van der Waals surface area contributed by atoms with E-state index in [2.05, 4.69) is 4.72 Å². The predicted octanol–water partition coefficient (Wildman–Crippen LogP) is 2.64. The lowest BCUT2D eigenvalue weighted by Gasteiger charge is -2.09. The first-order chi connectivity index (χ1) is 9.85. The average molecular weight is 305 g/mol. The normalized spacial score (nSPS) is 11.1. The second kappa shape index (κ2) is 5.97. The monoisotopic (exact) mass is 305 g/mol. The second-order valence-corrected chi connectivity index (χ2v) is 6.45. The van der Waals surface area contributed by atoms with Crippen molar-refractivity contribution in [2.75, 3.05) is 4.72 Å². The second-order valence-electron chi connectivity index (χ2n) is 4.73. The van der Waals surface area contributed by atoms with E-state index in [1.807, 2.05) is 13.0 Å². The van der Waals surface area contributed by atoms with Crippen LogP contribution in [0.1, 0.15) is 21.5 Å². The SMILES string of the molecule is Cc1cccc(NS(=O)(=O)Cc2ccc(C(=O)O)cc2)c1. The van der Waals surface area contributed by atoms with E-state index in [1.165, 1.54) is 24.3 Å². The summed E-state index contributed by atoms with van der Waals surface area (Å²) in [7, 11) is -3.53. The maximum absolute atomic E-state index is 12.1. The average Bonchev–Trinajstić information content (AvgIpc) is 2.38. The maximum atomic E-state index is 12.1. The largest absolute Gasteiger partial charge is 0.478 e. The smallest absolute Gasteiger partial charge is 0.335 e. The minimum absolute atomic E-state index is 0.128. The Morgan fingerprint density at radius 3 is 2.38 bits per heavy atom. The van der Waals surface area contributed by atoms with E-state index in [0.717, 1.165) is 5.56 Å². The van der Waals surface area contributed by atoms with Crippen molar-refractivity contribution in [3.63, 3.8) is 0 Å². The molecule has 0 aliphatic carbocycles. The topological polar surface area (TPSA) is 83.5 Å². The first-order valence-electron chi connectivity index (χ1n) is 6.25. The van der Waals surface area contributed by atoms with E-state index in [1.54, 1.807) is 18.2 Å². The molecule has 0 atom stereocenters. The van der Waals surface area contributed by atoms with Gasteiger partial charge in [-0.3, -0.25) is 4.72 Å². The quantitative estimate of drug-likeness (QED) is 0.889. The molecule has 0 saturated carbocycles. The summed E-state index contributed by atoms with van der Waals surface area (Å²) >= 11 is 0. The van der Waals surface area contributed by atoms with E-state index in [0.29, 0.717) is 11.3 Å². The van der Waals surface area contributed by atoms with Crippen LogP contribution in [0.3, 0.4) is 0 Å². The van der Waals surface area contributed by atoms with Crippen molar-refractivity contribution in [2.45, 2.75) is 12.7 Å². The van der Waals surface area contributed by atoms with E-state index in [-0.39, 0.29) is 11.3 Å². The fraction of sp³-hybridized carbons (Fsp3) is 0.133. The molecule has 0 aliphatic heterocycles. The summed E-state index contributed by atoms with van der Waals surface area (Å²) in [6, 6.07) is 12.8. The molecule has 0 aliphatic rings. The van der Waals surface area contributed by atoms with Gasteiger partial charge in [-0.1, -0.05) is 24.3 Å². The lowest BCUT2D eigenvalue weighted by molar-refractivity contribution is 0.0697. The Morgan fingerprint density at radius 2 is 1.81 bits per heavy atom. The Kier molecular flexibility index (Phi) is 4.28. The number of aromatic carboxylic acids is 1. The van der Waals surface area contributed by atoms with Gasteiger partial charge in [0.05, 0.1) is 11.3 Å². The summed E-state index contributed by atoms with van der Waals surface area (Å²) in [5.41, 5.74) is 2.13. The highest BCUT2D eigenvalue weighted by atomic mass is 32.2.